The highest BCUT2D eigenvalue weighted by molar-refractivity contribution is 5.92. The molecule has 0 radical (unpaired) electrons. The molecule has 5 rings (SSSR count). The Kier molecular flexibility index (Phi) is 5.14. The Hall–Kier alpha value is -3.28. The highest BCUT2D eigenvalue weighted by Crippen LogP contribution is 2.36. The first-order valence-electron chi connectivity index (χ1n) is 10.8. The van der Waals surface area contributed by atoms with Crippen LogP contribution < -0.4 is 9.47 Å². The normalized spacial score (nSPS) is 17.6. The van der Waals surface area contributed by atoms with Crippen LogP contribution in [0, 0.1) is 0 Å². The quantitative estimate of drug-likeness (QED) is 0.647. The van der Waals surface area contributed by atoms with E-state index in [1.165, 1.54) is 11.1 Å². The van der Waals surface area contributed by atoms with Crippen molar-refractivity contribution in [1.29, 1.82) is 0 Å². The molecule has 0 fully saturated rings. The Morgan fingerprint density at radius 2 is 1.90 bits per heavy atom. The number of aryl methyl sites for hydroxylation is 1. The number of hydrogen-bond donors (Lipinski definition) is 0. The van der Waals surface area contributed by atoms with Gasteiger partial charge in [-0.1, -0.05) is 24.3 Å². The van der Waals surface area contributed by atoms with Gasteiger partial charge >= 0.3 is 0 Å². The standard InChI is InChI=1S/C25H27N3O3/c1-30-20-8-9-23(31-2)21(13-20)19-7-10-24-26-22(16-28(24)15-19)25(29)27-12-11-17-5-3-4-6-18(17)14-27/h3-6,8-9,13,16,19H,7,10-12,14-15H2,1-2H3/t19-/m1/s1. The van der Waals surface area contributed by atoms with Gasteiger partial charge in [0, 0.05) is 43.7 Å². The van der Waals surface area contributed by atoms with Gasteiger partial charge in [-0.15, -0.1) is 0 Å². The van der Waals surface area contributed by atoms with Crippen LogP contribution in [0.2, 0.25) is 0 Å². The van der Waals surface area contributed by atoms with Crippen LogP contribution >= 0.6 is 0 Å². The lowest BCUT2D eigenvalue weighted by atomic mass is 9.90. The van der Waals surface area contributed by atoms with Gasteiger partial charge in [0.25, 0.3) is 5.91 Å². The summed E-state index contributed by atoms with van der Waals surface area (Å²) in [4.78, 5) is 19.8. The summed E-state index contributed by atoms with van der Waals surface area (Å²) < 4.78 is 13.2. The van der Waals surface area contributed by atoms with Crippen LogP contribution in [0.1, 0.15) is 45.3 Å². The first-order valence-corrected chi connectivity index (χ1v) is 10.8. The number of nitrogens with zero attached hydrogens (tertiary/aromatic N) is 3. The molecule has 2 aliphatic heterocycles. The van der Waals surface area contributed by atoms with Crippen LogP contribution in [0.25, 0.3) is 0 Å². The van der Waals surface area contributed by atoms with E-state index in [-0.39, 0.29) is 11.8 Å². The molecule has 6 nitrogen and oxygen atoms in total. The van der Waals surface area contributed by atoms with Crippen molar-refractivity contribution in [3.05, 3.63) is 76.9 Å². The highest BCUT2D eigenvalue weighted by atomic mass is 16.5. The molecule has 3 heterocycles. The minimum Gasteiger partial charge on any atom is -0.497 e. The lowest BCUT2D eigenvalue weighted by Crippen LogP contribution is -2.36. The zero-order valence-electron chi connectivity index (χ0n) is 18.0. The molecule has 31 heavy (non-hydrogen) atoms. The second kappa shape index (κ2) is 8.10. The van der Waals surface area contributed by atoms with E-state index >= 15 is 0 Å². The van der Waals surface area contributed by atoms with Crippen LogP contribution in [-0.4, -0.2) is 41.1 Å². The number of fused-ring (bicyclic) bond motifs is 2. The Labute approximate surface area is 182 Å². The van der Waals surface area contributed by atoms with Crippen molar-refractivity contribution in [3.63, 3.8) is 0 Å². The molecule has 0 N–H and O–H groups in total. The second-order valence-corrected chi connectivity index (χ2v) is 8.28. The average Bonchev–Trinajstić information content (AvgIpc) is 3.26. The number of carbonyl (C=O) groups excluding carboxylic acids is 1. The van der Waals surface area contributed by atoms with E-state index < -0.39 is 0 Å². The van der Waals surface area contributed by atoms with Gasteiger partial charge in [0.1, 0.15) is 23.0 Å². The average molecular weight is 418 g/mol. The molecular formula is C25H27N3O3. The molecule has 2 aromatic carbocycles. The predicted molar refractivity (Wildman–Crippen MR) is 118 cm³/mol. The lowest BCUT2D eigenvalue weighted by Gasteiger charge is -2.28. The monoisotopic (exact) mass is 417 g/mol. The van der Waals surface area contributed by atoms with Crippen molar-refractivity contribution in [2.75, 3.05) is 20.8 Å². The minimum atomic E-state index is 0.0203. The summed E-state index contributed by atoms with van der Waals surface area (Å²) in [5.74, 6) is 2.99. The number of ether oxygens (including phenoxy) is 2. The fourth-order valence-corrected chi connectivity index (χ4v) is 4.79. The molecule has 1 aromatic heterocycles. The van der Waals surface area contributed by atoms with Crippen molar-refractivity contribution in [2.24, 2.45) is 0 Å². The van der Waals surface area contributed by atoms with E-state index in [9.17, 15) is 4.79 Å². The number of rotatable bonds is 4. The zero-order chi connectivity index (χ0) is 21.4. The van der Waals surface area contributed by atoms with Crippen molar-refractivity contribution in [3.8, 4) is 11.5 Å². The summed E-state index contributed by atoms with van der Waals surface area (Å²) in [6.45, 7) is 2.17. The van der Waals surface area contributed by atoms with Gasteiger partial charge in [-0.3, -0.25) is 4.79 Å². The molecule has 1 amide bonds. The van der Waals surface area contributed by atoms with Crippen molar-refractivity contribution >= 4 is 5.91 Å². The van der Waals surface area contributed by atoms with E-state index in [2.05, 4.69) is 28.8 Å². The Balaban J connectivity index is 1.36. The van der Waals surface area contributed by atoms with Gasteiger partial charge in [0.2, 0.25) is 0 Å². The highest BCUT2D eigenvalue weighted by Gasteiger charge is 2.28. The number of imidazole rings is 1. The van der Waals surface area contributed by atoms with E-state index in [0.717, 1.165) is 55.2 Å². The Morgan fingerprint density at radius 1 is 1.06 bits per heavy atom. The maximum atomic E-state index is 13.2. The van der Waals surface area contributed by atoms with E-state index in [4.69, 9.17) is 14.5 Å². The third-order valence-electron chi connectivity index (χ3n) is 6.51. The first kappa shape index (κ1) is 19.7. The number of methoxy groups -OCH3 is 2. The number of aromatic nitrogens is 2. The van der Waals surface area contributed by atoms with Crippen molar-refractivity contribution in [2.45, 2.75) is 38.3 Å². The van der Waals surface area contributed by atoms with Gasteiger partial charge in [0.05, 0.1) is 14.2 Å². The molecule has 0 aliphatic carbocycles. The summed E-state index contributed by atoms with van der Waals surface area (Å²) in [6, 6.07) is 14.3. The fraction of sp³-hybridized carbons (Fsp3) is 0.360. The maximum Gasteiger partial charge on any atom is 0.274 e. The van der Waals surface area contributed by atoms with Gasteiger partial charge in [-0.2, -0.15) is 0 Å². The smallest absolute Gasteiger partial charge is 0.274 e. The summed E-state index contributed by atoms with van der Waals surface area (Å²) in [5.41, 5.74) is 4.26. The van der Waals surface area contributed by atoms with E-state index in [0.29, 0.717) is 12.2 Å². The molecule has 0 spiro atoms. The zero-order valence-corrected chi connectivity index (χ0v) is 18.0. The summed E-state index contributed by atoms with van der Waals surface area (Å²) in [7, 11) is 3.38. The Bertz CT molecular complexity index is 1120. The molecule has 2 aliphatic rings. The number of benzene rings is 2. The molecule has 160 valence electrons. The summed E-state index contributed by atoms with van der Waals surface area (Å²) in [6.07, 6.45) is 4.62. The lowest BCUT2D eigenvalue weighted by molar-refractivity contribution is 0.0729. The van der Waals surface area contributed by atoms with Crippen molar-refractivity contribution in [1.82, 2.24) is 14.5 Å². The molecule has 6 heteroatoms. The number of carbonyl (C=O) groups is 1. The Morgan fingerprint density at radius 3 is 2.71 bits per heavy atom. The SMILES string of the molecule is COc1ccc(OC)c([C@@H]2CCc3nc(C(=O)N4CCc5ccccc5C4)cn3C2)c1. The largest absolute Gasteiger partial charge is 0.497 e. The van der Waals surface area contributed by atoms with Crippen LogP contribution in [0.5, 0.6) is 11.5 Å². The van der Waals surface area contributed by atoms with Crippen molar-refractivity contribution < 1.29 is 14.3 Å². The third kappa shape index (κ3) is 3.67. The molecule has 0 saturated carbocycles. The molecule has 0 unspecified atom stereocenters. The third-order valence-corrected chi connectivity index (χ3v) is 6.51. The number of hydrogen-bond acceptors (Lipinski definition) is 4. The van der Waals surface area contributed by atoms with Gasteiger partial charge < -0.3 is 18.9 Å². The van der Waals surface area contributed by atoms with Crippen LogP contribution in [-0.2, 0) is 25.9 Å². The number of amides is 1. The fourth-order valence-electron chi connectivity index (χ4n) is 4.79. The summed E-state index contributed by atoms with van der Waals surface area (Å²) in [5, 5.41) is 0. The summed E-state index contributed by atoms with van der Waals surface area (Å²) >= 11 is 0. The van der Waals surface area contributed by atoms with Crippen LogP contribution in [0.15, 0.2) is 48.7 Å². The molecule has 3 aromatic rings. The molecule has 0 saturated heterocycles. The molecule has 0 bridgehead atoms. The maximum absolute atomic E-state index is 13.2. The van der Waals surface area contributed by atoms with Crippen LogP contribution in [0.3, 0.4) is 0 Å². The van der Waals surface area contributed by atoms with Crippen LogP contribution in [0.4, 0.5) is 0 Å². The predicted octanol–water partition coefficient (Wildman–Crippen LogP) is 3.83. The topological polar surface area (TPSA) is 56.6 Å². The molecule has 1 atom stereocenters. The molecular weight excluding hydrogens is 390 g/mol. The van der Waals surface area contributed by atoms with Gasteiger partial charge in [-0.05, 0) is 42.2 Å². The van der Waals surface area contributed by atoms with E-state index in [1.54, 1.807) is 14.2 Å². The second-order valence-electron chi connectivity index (χ2n) is 8.28. The first-order chi connectivity index (χ1) is 15.2. The van der Waals surface area contributed by atoms with Gasteiger partial charge in [0.15, 0.2) is 0 Å². The van der Waals surface area contributed by atoms with Gasteiger partial charge in [-0.25, -0.2) is 4.98 Å². The minimum absolute atomic E-state index is 0.0203. The van der Waals surface area contributed by atoms with E-state index in [1.807, 2.05) is 29.3 Å².